The lowest BCUT2D eigenvalue weighted by Crippen LogP contribution is -2.19. The Labute approximate surface area is 71.1 Å². The van der Waals surface area contributed by atoms with Gasteiger partial charge in [-0.1, -0.05) is 13.8 Å². The highest BCUT2D eigenvalue weighted by atomic mass is 16.4. The molecule has 0 saturated carbocycles. The van der Waals surface area contributed by atoms with Gasteiger partial charge in [0.05, 0.1) is 11.6 Å². The summed E-state index contributed by atoms with van der Waals surface area (Å²) in [5.41, 5.74) is -0.0904. The van der Waals surface area contributed by atoms with E-state index in [2.05, 4.69) is 0 Å². The number of carboxylic acid groups (broad SMARTS) is 1. The monoisotopic (exact) mass is 171 g/mol. The molecular weight excluding hydrogens is 158 g/mol. The number of carbonyl (C=O) groups is 2. The largest absolute Gasteiger partial charge is 0.481 e. The zero-order valence-corrected chi connectivity index (χ0v) is 7.26. The number of Topliss-reactive ketones (excluding diaryl/α,β-unsaturated/α-hetero) is 1. The van der Waals surface area contributed by atoms with Gasteiger partial charge in [-0.3, -0.25) is 9.59 Å². The predicted octanol–water partition coefficient (Wildman–Crippen LogP) is 1.10. The van der Waals surface area contributed by atoms with Gasteiger partial charge in [0.2, 0.25) is 0 Å². The van der Waals surface area contributed by atoms with Crippen LogP contribution in [-0.4, -0.2) is 22.6 Å². The molecule has 0 aromatic heterocycles. The average molecular weight is 171 g/mol. The average Bonchev–Trinajstić information content (AvgIpc) is 2.02. The Balaban J connectivity index is 4.01. The molecule has 0 amide bonds. The number of nitrogens with one attached hydrogen (secondary N) is 1. The third-order valence-electron chi connectivity index (χ3n) is 1.59. The quantitative estimate of drug-likeness (QED) is 0.608. The highest BCUT2D eigenvalue weighted by Crippen LogP contribution is 2.04. The van der Waals surface area contributed by atoms with E-state index in [0.29, 0.717) is 0 Å². The van der Waals surface area contributed by atoms with Crippen LogP contribution < -0.4 is 0 Å². The minimum Gasteiger partial charge on any atom is -0.481 e. The number of hydrogen-bond acceptors (Lipinski definition) is 3. The topological polar surface area (TPSA) is 78.2 Å². The molecule has 0 fully saturated rings. The summed E-state index contributed by atoms with van der Waals surface area (Å²) in [6.45, 7) is 3.14. The molecule has 0 bridgehead atoms. The molecule has 2 N–H and O–H groups in total. The summed E-state index contributed by atoms with van der Waals surface area (Å²) in [4.78, 5) is 21.2. The first kappa shape index (κ1) is 10.8. The third-order valence-corrected chi connectivity index (χ3v) is 1.59. The van der Waals surface area contributed by atoms with Crippen LogP contribution in [0.25, 0.3) is 0 Å². The summed E-state index contributed by atoms with van der Waals surface area (Å²) >= 11 is 0. The molecule has 0 aromatic rings. The van der Waals surface area contributed by atoms with Crippen molar-refractivity contribution in [1.29, 1.82) is 5.41 Å². The van der Waals surface area contributed by atoms with E-state index in [-0.39, 0.29) is 24.3 Å². The summed E-state index contributed by atoms with van der Waals surface area (Å²) in [5.74, 6) is -1.89. The predicted molar refractivity (Wildman–Crippen MR) is 44.4 cm³/mol. The summed E-state index contributed by atoms with van der Waals surface area (Å²) in [6, 6.07) is 0. The van der Waals surface area contributed by atoms with Gasteiger partial charge in [0.1, 0.15) is 0 Å². The van der Waals surface area contributed by atoms with Crippen molar-refractivity contribution in [3.05, 3.63) is 0 Å². The van der Waals surface area contributed by atoms with Crippen LogP contribution in [0.1, 0.15) is 26.7 Å². The van der Waals surface area contributed by atoms with E-state index in [1.807, 2.05) is 0 Å². The Kier molecular flexibility index (Phi) is 4.18. The van der Waals surface area contributed by atoms with E-state index in [9.17, 15) is 9.59 Å². The fourth-order valence-corrected chi connectivity index (χ4v) is 0.721. The molecule has 0 aliphatic rings. The van der Waals surface area contributed by atoms with Gasteiger partial charge in [-0.25, -0.2) is 0 Å². The highest BCUT2D eigenvalue weighted by molar-refractivity contribution is 6.38. The summed E-state index contributed by atoms with van der Waals surface area (Å²) < 4.78 is 0. The molecule has 0 aromatic carbocycles. The molecule has 0 spiro atoms. The second kappa shape index (κ2) is 4.64. The molecule has 0 heterocycles. The molecule has 1 unspecified atom stereocenters. The Hall–Kier alpha value is -1.19. The van der Waals surface area contributed by atoms with Crippen molar-refractivity contribution in [2.24, 2.45) is 5.92 Å². The van der Waals surface area contributed by atoms with Crippen LogP contribution >= 0.6 is 0 Å². The fourth-order valence-electron chi connectivity index (χ4n) is 0.721. The van der Waals surface area contributed by atoms with Crippen LogP contribution in [0.3, 0.4) is 0 Å². The van der Waals surface area contributed by atoms with Crippen LogP contribution in [0.15, 0.2) is 0 Å². The van der Waals surface area contributed by atoms with E-state index in [0.717, 1.165) is 0 Å². The number of carboxylic acids is 1. The number of rotatable bonds is 5. The molecule has 0 saturated heterocycles. The molecule has 0 radical (unpaired) electrons. The van der Waals surface area contributed by atoms with Gasteiger partial charge in [-0.2, -0.15) is 0 Å². The van der Waals surface area contributed by atoms with Crippen molar-refractivity contribution < 1.29 is 14.7 Å². The van der Waals surface area contributed by atoms with Gasteiger partial charge in [0.15, 0.2) is 5.78 Å². The van der Waals surface area contributed by atoms with Gasteiger partial charge < -0.3 is 10.5 Å². The van der Waals surface area contributed by atoms with E-state index >= 15 is 0 Å². The molecule has 12 heavy (non-hydrogen) atoms. The minimum atomic E-state index is -0.969. The second-order valence-corrected chi connectivity index (χ2v) is 2.70. The smallest absolute Gasteiger partial charge is 0.306 e. The first-order chi connectivity index (χ1) is 5.49. The maximum Gasteiger partial charge on any atom is 0.306 e. The third kappa shape index (κ3) is 3.27. The van der Waals surface area contributed by atoms with Crippen molar-refractivity contribution in [3.63, 3.8) is 0 Å². The fraction of sp³-hybridized carbons (Fsp3) is 0.625. The maximum atomic E-state index is 10.9. The highest BCUT2D eigenvalue weighted by Gasteiger charge is 2.16. The van der Waals surface area contributed by atoms with Gasteiger partial charge in [-0.15, -0.1) is 0 Å². The van der Waals surface area contributed by atoms with Crippen LogP contribution in [0, 0.1) is 11.3 Å². The van der Waals surface area contributed by atoms with E-state index in [4.69, 9.17) is 10.5 Å². The van der Waals surface area contributed by atoms with Crippen molar-refractivity contribution in [2.45, 2.75) is 26.7 Å². The van der Waals surface area contributed by atoms with Gasteiger partial charge >= 0.3 is 5.97 Å². The molecule has 1 atom stereocenters. The Bertz CT molecular complexity index is 210. The Morgan fingerprint density at radius 1 is 1.50 bits per heavy atom. The number of hydrogen-bond donors (Lipinski definition) is 2. The molecule has 0 rings (SSSR count). The molecule has 4 heteroatoms. The first-order valence-corrected chi connectivity index (χ1v) is 3.82. The molecule has 68 valence electrons. The van der Waals surface area contributed by atoms with E-state index < -0.39 is 11.9 Å². The maximum absolute atomic E-state index is 10.9. The van der Waals surface area contributed by atoms with Crippen LogP contribution in [0.5, 0.6) is 0 Å². The number of carbonyl (C=O) groups excluding carboxylic acids is 1. The summed E-state index contributed by atoms with van der Waals surface area (Å²) in [7, 11) is 0. The van der Waals surface area contributed by atoms with Gasteiger partial charge in [0.25, 0.3) is 0 Å². The number of ketones is 1. The summed E-state index contributed by atoms with van der Waals surface area (Å²) in [5, 5.41) is 15.7. The van der Waals surface area contributed by atoms with Gasteiger partial charge in [-0.05, 0) is 0 Å². The van der Waals surface area contributed by atoms with Gasteiger partial charge in [0, 0.05) is 12.8 Å². The van der Waals surface area contributed by atoms with Crippen molar-refractivity contribution in [3.8, 4) is 0 Å². The lowest BCUT2D eigenvalue weighted by atomic mass is 10.0. The van der Waals surface area contributed by atoms with Crippen molar-refractivity contribution >= 4 is 17.5 Å². The molecule has 0 aliphatic heterocycles. The van der Waals surface area contributed by atoms with Crippen LogP contribution in [0.4, 0.5) is 0 Å². The molecular formula is C8H13NO3. The summed E-state index contributed by atoms with van der Waals surface area (Å²) in [6.07, 6.45) is 0.299. The molecule has 4 nitrogen and oxygen atoms in total. The Morgan fingerprint density at radius 3 is 2.33 bits per heavy atom. The lowest BCUT2D eigenvalue weighted by molar-refractivity contribution is -0.140. The van der Waals surface area contributed by atoms with E-state index in [1.54, 1.807) is 6.92 Å². The Morgan fingerprint density at radius 2 is 2.00 bits per heavy atom. The zero-order valence-electron chi connectivity index (χ0n) is 7.26. The standard InChI is InChI=1S/C8H13NO3/c1-3-7(10)6(9)4-5(2)8(11)12/h5,9H,3-4H2,1-2H3,(H,11,12). The first-order valence-electron chi connectivity index (χ1n) is 3.82. The zero-order chi connectivity index (χ0) is 9.72. The second-order valence-electron chi connectivity index (χ2n) is 2.70. The number of aliphatic carboxylic acids is 1. The normalized spacial score (nSPS) is 12.2. The van der Waals surface area contributed by atoms with Crippen LogP contribution in [-0.2, 0) is 9.59 Å². The van der Waals surface area contributed by atoms with Crippen molar-refractivity contribution in [2.75, 3.05) is 0 Å². The minimum absolute atomic E-state index is 0.0298. The van der Waals surface area contributed by atoms with Crippen LogP contribution in [0.2, 0.25) is 0 Å². The van der Waals surface area contributed by atoms with Crippen molar-refractivity contribution in [1.82, 2.24) is 0 Å². The lowest BCUT2D eigenvalue weighted by Gasteiger charge is -2.04. The SMILES string of the molecule is CCC(=O)C(=N)CC(C)C(=O)O. The van der Waals surface area contributed by atoms with E-state index in [1.165, 1.54) is 6.92 Å². The molecule has 0 aliphatic carbocycles.